The second kappa shape index (κ2) is 6.64. The number of methoxy groups -OCH3 is 1. The van der Waals surface area contributed by atoms with Crippen LogP contribution in [0.1, 0.15) is 10.4 Å². The van der Waals surface area contributed by atoms with Crippen molar-refractivity contribution in [2.75, 3.05) is 38.2 Å². The quantitative estimate of drug-likeness (QED) is 0.864. The summed E-state index contributed by atoms with van der Waals surface area (Å²) < 4.78 is 19.0. The lowest BCUT2D eigenvalue weighted by Gasteiger charge is -2.35. The number of ether oxygens (including phenoxy) is 1. The minimum atomic E-state index is -0.546. The van der Waals surface area contributed by atoms with Gasteiger partial charge in [0.25, 0.3) is 5.91 Å². The van der Waals surface area contributed by atoms with Crippen LogP contribution >= 0.6 is 0 Å². The molecule has 0 spiro atoms. The van der Waals surface area contributed by atoms with Crippen LogP contribution in [0.4, 0.5) is 10.1 Å². The van der Waals surface area contributed by atoms with E-state index in [1.54, 1.807) is 11.0 Å². The number of carbonyl (C=O) groups excluding carboxylic acids is 1. The van der Waals surface area contributed by atoms with E-state index in [2.05, 4.69) is 9.88 Å². The van der Waals surface area contributed by atoms with Gasteiger partial charge >= 0.3 is 0 Å². The molecule has 120 valence electrons. The predicted molar refractivity (Wildman–Crippen MR) is 84.1 cm³/mol. The number of aromatic nitrogens is 1. The first-order chi connectivity index (χ1) is 11.2. The van der Waals surface area contributed by atoms with E-state index >= 15 is 0 Å². The van der Waals surface area contributed by atoms with Crippen molar-refractivity contribution in [2.45, 2.75) is 0 Å². The molecule has 0 atom stereocenters. The number of benzene rings is 1. The van der Waals surface area contributed by atoms with Crippen LogP contribution in [0.15, 0.2) is 42.7 Å². The number of hydrogen-bond donors (Lipinski definition) is 0. The molecule has 2 aromatic rings. The monoisotopic (exact) mass is 316 g/mol. The molecule has 6 heteroatoms. The maximum absolute atomic E-state index is 14.0. The van der Waals surface area contributed by atoms with Crippen molar-refractivity contribution in [3.8, 4) is 5.75 Å². The number of amides is 1. The van der Waals surface area contributed by atoms with E-state index in [1.165, 1.54) is 19.2 Å². The fourth-order valence-corrected chi connectivity index (χ4v) is 2.72. The number of nitrogens with one attached hydrogen (secondary N) is 1. The van der Waals surface area contributed by atoms with E-state index in [1.807, 2.05) is 24.5 Å². The van der Waals surface area contributed by atoms with Crippen LogP contribution in [-0.2, 0) is 0 Å². The number of nitrogens with zero attached hydrogens (tertiary/aromatic N) is 2. The van der Waals surface area contributed by atoms with Crippen LogP contribution in [0.3, 0.4) is 0 Å². The Bertz CT molecular complexity index is 685. The number of halogens is 1. The van der Waals surface area contributed by atoms with Gasteiger partial charge in [-0.05, 0) is 12.1 Å². The Morgan fingerprint density at radius 2 is 1.83 bits per heavy atom. The van der Waals surface area contributed by atoms with Crippen molar-refractivity contribution >= 4 is 11.6 Å². The van der Waals surface area contributed by atoms with Gasteiger partial charge in [-0.25, -0.2) is 9.37 Å². The van der Waals surface area contributed by atoms with Crippen LogP contribution in [0.2, 0.25) is 0 Å². The van der Waals surface area contributed by atoms with E-state index in [4.69, 9.17) is 4.74 Å². The molecule has 0 saturated carbocycles. The summed E-state index contributed by atoms with van der Waals surface area (Å²) in [5.41, 5.74) is 1.21. The van der Waals surface area contributed by atoms with Crippen molar-refractivity contribution in [3.63, 3.8) is 0 Å². The van der Waals surface area contributed by atoms with Crippen molar-refractivity contribution in [3.05, 3.63) is 54.1 Å². The Kier molecular flexibility index (Phi) is 4.41. The Balaban J connectivity index is 1.66. The number of hydrogen-bond acceptors (Lipinski definition) is 3. The standard InChI is InChI=1S/C17H18FN3O2/c1-23-14-2-3-15(16(18)12-14)17(22)21-10-8-20(9-11-21)13-4-6-19-7-5-13/h2-7,12H,8-11H2,1H3/p+1. The SMILES string of the molecule is COc1ccc(C(=O)N2CCN(c3cc[nH+]cc3)CC2)c(F)c1. The molecule has 3 rings (SSSR count). The van der Waals surface area contributed by atoms with Gasteiger partial charge < -0.3 is 14.5 Å². The van der Waals surface area contributed by atoms with Crippen LogP contribution < -0.4 is 14.6 Å². The molecule has 2 heterocycles. The molecule has 1 amide bonds. The minimum Gasteiger partial charge on any atom is -0.497 e. The van der Waals surface area contributed by atoms with Gasteiger partial charge in [-0.3, -0.25) is 4.79 Å². The van der Waals surface area contributed by atoms with Crippen LogP contribution in [0.25, 0.3) is 0 Å². The zero-order chi connectivity index (χ0) is 16.2. The first-order valence-electron chi connectivity index (χ1n) is 7.53. The van der Waals surface area contributed by atoms with Crippen molar-refractivity contribution in [2.24, 2.45) is 0 Å². The summed E-state index contributed by atoms with van der Waals surface area (Å²) in [5.74, 6) is -0.411. The Morgan fingerprint density at radius 1 is 1.13 bits per heavy atom. The van der Waals surface area contributed by atoms with E-state index in [9.17, 15) is 9.18 Å². The molecule has 1 aromatic heterocycles. The van der Waals surface area contributed by atoms with Crippen LogP contribution in [0, 0.1) is 5.82 Å². The number of rotatable bonds is 3. The van der Waals surface area contributed by atoms with E-state index in [0.29, 0.717) is 18.8 Å². The highest BCUT2D eigenvalue weighted by molar-refractivity contribution is 5.94. The van der Waals surface area contributed by atoms with Crippen LogP contribution in [-0.4, -0.2) is 44.1 Å². The van der Waals surface area contributed by atoms with Gasteiger partial charge in [0.1, 0.15) is 11.6 Å². The average Bonchev–Trinajstić information content (AvgIpc) is 2.62. The summed E-state index contributed by atoms with van der Waals surface area (Å²) in [5, 5.41) is 0. The van der Waals surface area contributed by atoms with Crippen molar-refractivity contribution in [1.82, 2.24) is 4.90 Å². The molecule has 1 fully saturated rings. The third kappa shape index (κ3) is 3.26. The summed E-state index contributed by atoms with van der Waals surface area (Å²) in [4.78, 5) is 19.4. The fraction of sp³-hybridized carbons (Fsp3) is 0.294. The Labute approximate surface area is 134 Å². The third-order valence-electron chi connectivity index (χ3n) is 4.04. The topological polar surface area (TPSA) is 46.9 Å². The number of aromatic amines is 1. The number of piperazine rings is 1. The molecule has 1 N–H and O–H groups in total. The zero-order valence-electron chi connectivity index (χ0n) is 13.0. The van der Waals surface area contributed by atoms with Crippen molar-refractivity contribution in [1.29, 1.82) is 0 Å². The molecule has 1 aliphatic rings. The lowest BCUT2D eigenvalue weighted by molar-refractivity contribution is -0.377. The minimum absolute atomic E-state index is 0.0913. The number of carbonyl (C=O) groups is 1. The highest BCUT2D eigenvalue weighted by Crippen LogP contribution is 2.20. The molecule has 1 aromatic carbocycles. The summed E-state index contributed by atoms with van der Waals surface area (Å²) in [6, 6.07) is 8.33. The zero-order valence-corrected chi connectivity index (χ0v) is 13.0. The fourth-order valence-electron chi connectivity index (χ4n) is 2.72. The second-order valence-electron chi connectivity index (χ2n) is 5.38. The van der Waals surface area contributed by atoms with Gasteiger partial charge in [0, 0.05) is 50.1 Å². The van der Waals surface area contributed by atoms with Gasteiger partial charge in [-0.2, -0.15) is 0 Å². The summed E-state index contributed by atoms with van der Waals surface area (Å²) >= 11 is 0. The molecule has 1 aliphatic heterocycles. The third-order valence-corrected chi connectivity index (χ3v) is 4.04. The molecule has 1 saturated heterocycles. The largest absolute Gasteiger partial charge is 0.497 e. The Morgan fingerprint density at radius 3 is 2.43 bits per heavy atom. The normalized spacial score (nSPS) is 14.7. The van der Waals surface area contributed by atoms with Gasteiger partial charge in [-0.15, -0.1) is 0 Å². The molecule has 0 unspecified atom stereocenters. The highest BCUT2D eigenvalue weighted by Gasteiger charge is 2.24. The molecule has 0 bridgehead atoms. The number of anilines is 1. The molecule has 5 nitrogen and oxygen atoms in total. The predicted octanol–water partition coefficient (Wildman–Crippen LogP) is 1.61. The van der Waals surface area contributed by atoms with E-state index in [0.717, 1.165) is 18.8 Å². The van der Waals surface area contributed by atoms with Crippen molar-refractivity contribution < 1.29 is 18.9 Å². The lowest BCUT2D eigenvalue weighted by atomic mass is 10.1. The molecule has 23 heavy (non-hydrogen) atoms. The van der Waals surface area contributed by atoms with Gasteiger partial charge in [0.2, 0.25) is 0 Å². The lowest BCUT2D eigenvalue weighted by Crippen LogP contribution is -2.49. The van der Waals surface area contributed by atoms with E-state index < -0.39 is 5.82 Å². The first kappa shape index (κ1) is 15.3. The average molecular weight is 316 g/mol. The first-order valence-corrected chi connectivity index (χ1v) is 7.53. The Hall–Kier alpha value is -2.63. The highest BCUT2D eigenvalue weighted by atomic mass is 19.1. The summed E-state index contributed by atoms with van der Waals surface area (Å²) in [7, 11) is 1.47. The molecular formula is C17H19FN3O2+. The van der Waals surface area contributed by atoms with Gasteiger partial charge in [-0.1, -0.05) is 0 Å². The van der Waals surface area contributed by atoms with Gasteiger partial charge in [0.15, 0.2) is 12.4 Å². The summed E-state index contributed by atoms with van der Waals surface area (Å²) in [6.07, 6.45) is 3.75. The molecular weight excluding hydrogens is 297 g/mol. The summed E-state index contributed by atoms with van der Waals surface area (Å²) in [6.45, 7) is 2.60. The number of H-pyrrole nitrogens is 1. The second-order valence-corrected chi connectivity index (χ2v) is 5.38. The van der Waals surface area contributed by atoms with Gasteiger partial charge in [0.05, 0.1) is 12.7 Å². The molecule has 0 aliphatic carbocycles. The smallest absolute Gasteiger partial charge is 0.256 e. The molecule has 0 radical (unpaired) electrons. The van der Waals surface area contributed by atoms with Crippen LogP contribution in [0.5, 0.6) is 5.75 Å². The maximum atomic E-state index is 14.0. The van der Waals surface area contributed by atoms with E-state index in [-0.39, 0.29) is 11.5 Å². The number of pyridine rings is 1. The maximum Gasteiger partial charge on any atom is 0.256 e.